The molecule has 0 fully saturated rings. The van der Waals surface area contributed by atoms with Gasteiger partial charge in [-0.05, 0) is 18.6 Å². The Bertz CT molecular complexity index is 493. The van der Waals surface area contributed by atoms with Crippen LogP contribution in [0.25, 0.3) is 10.7 Å². The molecule has 0 radical (unpaired) electrons. The molecule has 0 atom stereocenters. The number of aromatic amines is 1. The van der Waals surface area contributed by atoms with Gasteiger partial charge in [0.2, 0.25) is 0 Å². The predicted molar refractivity (Wildman–Crippen MR) is 58.9 cm³/mol. The van der Waals surface area contributed by atoms with Crippen LogP contribution in [0.1, 0.15) is 12.6 Å². The summed E-state index contributed by atoms with van der Waals surface area (Å²) in [5, 5.41) is 6.95. The third-order valence-electron chi connectivity index (χ3n) is 2.06. The van der Waals surface area contributed by atoms with Gasteiger partial charge in [0.05, 0.1) is 16.1 Å². The first-order valence-electron chi connectivity index (χ1n) is 4.28. The smallest absolute Gasteiger partial charge is 0.195 e. The summed E-state index contributed by atoms with van der Waals surface area (Å²) < 4.78 is 2.50. The van der Waals surface area contributed by atoms with Gasteiger partial charge in [-0.25, -0.2) is 4.98 Å². The molecule has 74 valence electrons. The van der Waals surface area contributed by atoms with Crippen molar-refractivity contribution in [3.63, 3.8) is 0 Å². The van der Waals surface area contributed by atoms with Crippen LogP contribution < -0.4 is 0 Å². The third-order valence-corrected chi connectivity index (χ3v) is 3.29. The van der Waals surface area contributed by atoms with Crippen LogP contribution in [0.3, 0.4) is 0 Å². The third kappa shape index (κ3) is 1.40. The zero-order valence-corrected chi connectivity index (χ0v) is 9.58. The molecule has 4 nitrogen and oxygen atoms in total. The quantitative estimate of drug-likeness (QED) is 0.798. The van der Waals surface area contributed by atoms with Crippen molar-refractivity contribution in [2.45, 2.75) is 13.3 Å². The molecule has 0 spiro atoms. The van der Waals surface area contributed by atoms with E-state index in [9.17, 15) is 0 Å². The van der Waals surface area contributed by atoms with Crippen molar-refractivity contribution >= 4 is 23.6 Å². The molecule has 0 aliphatic heterocycles. The first-order valence-corrected chi connectivity index (χ1v) is 5.57. The van der Waals surface area contributed by atoms with E-state index in [-0.39, 0.29) is 0 Å². The minimum Gasteiger partial charge on any atom is -0.303 e. The van der Waals surface area contributed by atoms with E-state index in [1.807, 2.05) is 17.1 Å². The lowest BCUT2D eigenvalue weighted by Gasteiger charge is -1.98. The highest BCUT2D eigenvalue weighted by molar-refractivity contribution is 7.71. The molecular formula is C8H10N4S2. The summed E-state index contributed by atoms with van der Waals surface area (Å²) in [5.74, 6) is 0.870. The van der Waals surface area contributed by atoms with E-state index in [0.717, 1.165) is 22.8 Å². The Labute approximate surface area is 90.6 Å². The fraction of sp³-hybridized carbons (Fsp3) is 0.375. The number of nitrogens with one attached hydrogen (secondary N) is 1. The van der Waals surface area contributed by atoms with Gasteiger partial charge in [-0.2, -0.15) is 5.10 Å². The van der Waals surface area contributed by atoms with Crippen molar-refractivity contribution in [1.82, 2.24) is 19.7 Å². The molecule has 6 heteroatoms. The highest BCUT2D eigenvalue weighted by atomic mass is 32.1. The zero-order chi connectivity index (χ0) is 10.1. The Hall–Kier alpha value is -1.01. The average Bonchev–Trinajstić information content (AvgIpc) is 2.75. The van der Waals surface area contributed by atoms with E-state index in [2.05, 4.69) is 22.1 Å². The van der Waals surface area contributed by atoms with Gasteiger partial charge in [-0.15, -0.1) is 11.3 Å². The molecular weight excluding hydrogens is 216 g/mol. The first kappa shape index (κ1) is 9.54. The summed E-state index contributed by atoms with van der Waals surface area (Å²) in [6, 6.07) is 0. The Morgan fingerprint density at radius 1 is 1.64 bits per heavy atom. The molecule has 0 bridgehead atoms. The van der Waals surface area contributed by atoms with Crippen LogP contribution >= 0.6 is 23.6 Å². The lowest BCUT2D eigenvalue weighted by atomic mass is 10.3. The highest BCUT2D eigenvalue weighted by Gasteiger charge is 2.12. The average molecular weight is 226 g/mol. The van der Waals surface area contributed by atoms with Gasteiger partial charge < -0.3 is 4.57 Å². The molecule has 1 N–H and O–H groups in total. The molecule has 0 unspecified atom stereocenters. The SMILES string of the molecule is CCc1ncsc1-c1n[nH]c(=S)n1C. The van der Waals surface area contributed by atoms with Crippen molar-refractivity contribution in [3.8, 4) is 10.7 Å². The lowest BCUT2D eigenvalue weighted by molar-refractivity contribution is 0.900. The lowest BCUT2D eigenvalue weighted by Crippen LogP contribution is -1.93. The van der Waals surface area contributed by atoms with Gasteiger partial charge in [-0.3, -0.25) is 5.10 Å². The standard InChI is InChI=1S/C8H10N4S2/c1-3-5-6(14-4-9-5)7-10-11-8(13)12(7)2/h4H,3H2,1-2H3,(H,11,13). The summed E-state index contributed by atoms with van der Waals surface area (Å²) in [6.45, 7) is 2.08. The number of thiazole rings is 1. The van der Waals surface area contributed by atoms with Gasteiger partial charge in [0, 0.05) is 7.05 Å². The predicted octanol–water partition coefficient (Wildman–Crippen LogP) is 2.16. The summed E-state index contributed by atoms with van der Waals surface area (Å²) in [7, 11) is 1.90. The second-order valence-corrected chi connectivity index (χ2v) is 4.13. The van der Waals surface area contributed by atoms with Crippen molar-refractivity contribution in [2.75, 3.05) is 0 Å². The van der Waals surface area contributed by atoms with Crippen LogP contribution in [0.2, 0.25) is 0 Å². The molecule has 2 heterocycles. The van der Waals surface area contributed by atoms with E-state index in [1.54, 1.807) is 11.3 Å². The number of H-pyrrole nitrogens is 1. The molecule has 0 amide bonds. The molecule has 2 rings (SSSR count). The van der Waals surface area contributed by atoms with E-state index < -0.39 is 0 Å². The molecule has 14 heavy (non-hydrogen) atoms. The van der Waals surface area contributed by atoms with E-state index in [4.69, 9.17) is 12.2 Å². The molecule has 0 aromatic carbocycles. The van der Waals surface area contributed by atoms with Crippen LogP contribution in [0.5, 0.6) is 0 Å². The summed E-state index contributed by atoms with van der Waals surface area (Å²) in [6.07, 6.45) is 0.915. The van der Waals surface area contributed by atoms with Gasteiger partial charge in [0.1, 0.15) is 0 Å². The first-order chi connectivity index (χ1) is 6.74. The molecule has 0 aliphatic carbocycles. The topological polar surface area (TPSA) is 46.5 Å². The maximum absolute atomic E-state index is 5.06. The fourth-order valence-corrected chi connectivity index (χ4v) is 2.29. The number of hydrogen-bond acceptors (Lipinski definition) is 4. The highest BCUT2D eigenvalue weighted by Crippen LogP contribution is 2.25. The van der Waals surface area contributed by atoms with E-state index >= 15 is 0 Å². The monoisotopic (exact) mass is 226 g/mol. The largest absolute Gasteiger partial charge is 0.303 e. The van der Waals surface area contributed by atoms with Crippen LogP contribution in [-0.2, 0) is 13.5 Å². The zero-order valence-electron chi connectivity index (χ0n) is 7.94. The van der Waals surface area contributed by atoms with Gasteiger partial charge in [-0.1, -0.05) is 6.92 Å². The molecule has 0 aliphatic rings. The second kappa shape index (κ2) is 3.62. The van der Waals surface area contributed by atoms with Gasteiger partial charge in [0.15, 0.2) is 10.6 Å². The van der Waals surface area contributed by atoms with Crippen LogP contribution in [0.15, 0.2) is 5.51 Å². The minimum atomic E-state index is 0.635. The molecule has 0 saturated heterocycles. The molecule has 0 saturated carbocycles. The molecule has 2 aromatic heterocycles. The van der Waals surface area contributed by atoms with E-state index in [1.165, 1.54) is 0 Å². The van der Waals surface area contributed by atoms with Crippen molar-refractivity contribution < 1.29 is 0 Å². The number of rotatable bonds is 2. The minimum absolute atomic E-state index is 0.635. The fourth-order valence-electron chi connectivity index (χ4n) is 1.25. The Balaban J connectivity index is 2.60. The number of aromatic nitrogens is 4. The maximum atomic E-state index is 5.06. The van der Waals surface area contributed by atoms with Crippen molar-refractivity contribution in [2.24, 2.45) is 7.05 Å². The summed E-state index contributed by atoms with van der Waals surface area (Å²) >= 11 is 6.65. The number of aryl methyl sites for hydroxylation is 1. The van der Waals surface area contributed by atoms with Crippen LogP contribution in [0.4, 0.5) is 0 Å². The summed E-state index contributed by atoms with van der Waals surface area (Å²) in [5.41, 5.74) is 2.92. The van der Waals surface area contributed by atoms with Gasteiger partial charge >= 0.3 is 0 Å². The normalized spacial score (nSPS) is 10.7. The number of hydrogen-bond donors (Lipinski definition) is 1. The van der Waals surface area contributed by atoms with Crippen molar-refractivity contribution in [3.05, 3.63) is 16.0 Å². The molecule has 2 aromatic rings. The van der Waals surface area contributed by atoms with Crippen molar-refractivity contribution in [1.29, 1.82) is 0 Å². The Kier molecular flexibility index (Phi) is 2.47. The summed E-state index contributed by atoms with van der Waals surface area (Å²) in [4.78, 5) is 5.38. The second-order valence-electron chi connectivity index (χ2n) is 2.89. The van der Waals surface area contributed by atoms with Gasteiger partial charge in [0.25, 0.3) is 0 Å². The van der Waals surface area contributed by atoms with E-state index in [0.29, 0.717) is 4.77 Å². The van der Waals surface area contributed by atoms with Crippen LogP contribution in [-0.4, -0.2) is 19.7 Å². The van der Waals surface area contributed by atoms with Crippen LogP contribution in [0, 0.1) is 4.77 Å². The Morgan fingerprint density at radius 2 is 2.43 bits per heavy atom. The Morgan fingerprint density at radius 3 is 3.00 bits per heavy atom. The maximum Gasteiger partial charge on any atom is 0.195 e. The number of nitrogens with zero attached hydrogens (tertiary/aromatic N) is 3.